The zero-order valence-electron chi connectivity index (χ0n) is 15.6. The zero-order chi connectivity index (χ0) is 18.4. The van der Waals surface area contributed by atoms with Crippen LogP contribution in [0.15, 0.2) is 34.7 Å². The average Bonchev–Trinajstić information content (AvgIpc) is 3.31. The van der Waals surface area contributed by atoms with Crippen LogP contribution in [0.5, 0.6) is 0 Å². The Hall–Kier alpha value is -2.14. The van der Waals surface area contributed by atoms with E-state index in [0.717, 1.165) is 60.0 Å². The second-order valence-corrected chi connectivity index (χ2v) is 9.15. The van der Waals surface area contributed by atoms with Crippen molar-refractivity contribution in [1.29, 1.82) is 0 Å². The van der Waals surface area contributed by atoms with Crippen molar-refractivity contribution < 1.29 is 9.21 Å². The van der Waals surface area contributed by atoms with Gasteiger partial charge in [0.15, 0.2) is 11.5 Å². The van der Waals surface area contributed by atoms with Crippen molar-refractivity contribution in [3.63, 3.8) is 0 Å². The van der Waals surface area contributed by atoms with Gasteiger partial charge in [0.2, 0.25) is 0 Å². The molecule has 3 aromatic rings. The van der Waals surface area contributed by atoms with E-state index < -0.39 is 0 Å². The van der Waals surface area contributed by atoms with Crippen molar-refractivity contribution in [2.24, 2.45) is 5.92 Å². The van der Waals surface area contributed by atoms with E-state index in [4.69, 9.17) is 4.42 Å². The summed E-state index contributed by atoms with van der Waals surface area (Å²) in [7, 11) is 0. The molecule has 1 aliphatic heterocycles. The molecule has 5 rings (SSSR count). The van der Waals surface area contributed by atoms with E-state index in [0.29, 0.717) is 6.54 Å². The first kappa shape index (κ1) is 17.0. The third-order valence-electron chi connectivity index (χ3n) is 5.91. The molecule has 0 spiro atoms. The van der Waals surface area contributed by atoms with Gasteiger partial charge in [-0.1, -0.05) is 19.1 Å². The van der Waals surface area contributed by atoms with Gasteiger partial charge in [-0.15, -0.1) is 11.3 Å². The Morgan fingerprint density at radius 2 is 2.19 bits per heavy atom. The molecule has 3 heterocycles. The molecular weight excluding hydrogens is 356 g/mol. The van der Waals surface area contributed by atoms with Crippen molar-refractivity contribution in [2.75, 3.05) is 13.1 Å². The third-order valence-corrected chi connectivity index (χ3v) is 7.13. The molecular formula is C22H24N2O2S. The summed E-state index contributed by atoms with van der Waals surface area (Å²) in [4.78, 5) is 22.1. The first-order valence-corrected chi connectivity index (χ1v) is 10.8. The van der Waals surface area contributed by atoms with Crippen LogP contribution in [-0.4, -0.2) is 28.9 Å². The number of aryl methyl sites for hydroxylation is 1. The fraction of sp³-hybridized carbons (Fsp3) is 0.455. The lowest BCUT2D eigenvalue weighted by atomic mass is 9.90. The number of oxazole rings is 1. The lowest BCUT2D eigenvalue weighted by Crippen LogP contribution is -2.38. The molecule has 0 unspecified atom stereocenters. The quantitative estimate of drug-likeness (QED) is 0.626. The number of hydrogen-bond donors (Lipinski definition) is 0. The van der Waals surface area contributed by atoms with Gasteiger partial charge >= 0.3 is 0 Å². The van der Waals surface area contributed by atoms with Crippen LogP contribution in [0.3, 0.4) is 0 Å². The van der Waals surface area contributed by atoms with E-state index in [2.05, 4.69) is 18.0 Å². The second-order valence-electron chi connectivity index (χ2n) is 8.02. The minimum Gasteiger partial charge on any atom is -0.440 e. The molecule has 5 heteroatoms. The highest BCUT2D eigenvalue weighted by molar-refractivity contribution is 7.14. The third kappa shape index (κ3) is 3.18. The highest BCUT2D eigenvalue weighted by Crippen LogP contribution is 2.34. The summed E-state index contributed by atoms with van der Waals surface area (Å²) in [5.74, 6) is 1.87. The van der Waals surface area contributed by atoms with E-state index in [1.165, 1.54) is 16.9 Å². The largest absolute Gasteiger partial charge is 0.440 e. The van der Waals surface area contributed by atoms with Crippen LogP contribution < -0.4 is 0 Å². The van der Waals surface area contributed by atoms with Crippen LogP contribution >= 0.6 is 11.3 Å². The number of piperidine rings is 1. The Bertz CT molecular complexity index is 956. The number of benzene rings is 1. The Morgan fingerprint density at radius 3 is 3.07 bits per heavy atom. The van der Waals surface area contributed by atoms with Crippen LogP contribution in [0.25, 0.3) is 11.1 Å². The number of thiophene rings is 1. The predicted molar refractivity (Wildman–Crippen MR) is 107 cm³/mol. The molecule has 1 amide bonds. The number of carbonyl (C=O) groups excluding carboxylic acids is 1. The Labute approximate surface area is 163 Å². The van der Waals surface area contributed by atoms with Gasteiger partial charge in [-0.05, 0) is 61.8 Å². The predicted octanol–water partition coefficient (Wildman–Crippen LogP) is 5.03. The first-order valence-electron chi connectivity index (χ1n) is 9.93. The van der Waals surface area contributed by atoms with E-state index in [9.17, 15) is 4.79 Å². The molecule has 0 radical (unpaired) electrons. The lowest BCUT2D eigenvalue weighted by molar-refractivity contribution is 0.0704. The minimum atomic E-state index is 0.183. The number of amides is 1. The summed E-state index contributed by atoms with van der Waals surface area (Å²) < 4.78 is 5.97. The molecule has 1 saturated heterocycles. The van der Waals surface area contributed by atoms with Gasteiger partial charge in [0.1, 0.15) is 5.52 Å². The van der Waals surface area contributed by atoms with E-state index >= 15 is 0 Å². The Kier molecular flexibility index (Phi) is 4.27. The summed E-state index contributed by atoms with van der Waals surface area (Å²) in [5, 5.41) is 0. The summed E-state index contributed by atoms with van der Waals surface area (Å²) in [5.41, 5.74) is 3.13. The van der Waals surface area contributed by atoms with Crippen LogP contribution in [0.2, 0.25) is 0 Å². The number of carbonyl (C=O) groups is 1. The fourth-order valence-electron chi connectivity index (χ4n) is 4.39. The van der Waals surface area contributed by atoms with Crippen molar-refractivity contribution in [3.8, 4) is 0 Å². The van der Waals surface area contributed by atoms with Crippen LogP contribution in [0.1, 0.15) is 58.1 Å². The zero-order valence-corrected chi connectivity index (χ0v) is 16.4. The number of likely N-dealkylation sites (tertiary alicyclic amines) is 1. The van der Waals surface area contributed by atoms with E-state index in [-0.39, 0.29) is 11.8 Å². The maximum atomic E-state index is 13.1. The first-order chi connectivity index (χ1) is 13.2. The van der Waals surface area contributed by atoms with Gasteiger partial charge in [-0.2, -0.15) is 0 Å². The van der Waals surface area contributed by atoms with Crippen molar-refractivity contribution in [2.45, 2.75) is 44.9 Å². The van der Waals surface area contributed by atoms with Crippen LogP contribution in [-0.2, 0) is 12.8 Å². The molecule has 27 heavy (non-hydrogen) atoms. The van der Waals surface area contributed by atoms with Crippen LogP contribution in [0.4, 0.5) is 0 Å². The van der Waals surface area contributed by atoms with Gasteiger partial charge in [-0.25, -0.2) is 4.98 Å². The van der Waals surface area contributed by atoms with Gasteiger partial charge in [0, 0.05) is 18.0 Å². The highest BCUT2D eigenvalue weighted by Gasteiger charge is 2.30. The van der Waals surface area contributed by atoms with Crippen LogP contribution in [0, 0.1) is 5.92 Å². The lowest BCUT2D eigenvalue weighted by Gasteiger charge is -2.31. The van der Waals surface area contributed by atoms with E-state index in [1.54, 1.807) is 11.3 Å². The van der Waals surface area contributed by atoms with Gasteiger partial charge < -0.3 is 9.32 Å². The number of hydrogen-bond acceptors (Lipinski definition) is 4. The maximum Gasteiger partial charge on any atom is 0.263 e. The fourth-order valence-corrected chi connectivity index (χ4v) is 5.57. The molecule has 1 aliphatic carbocycles. The molecule has 0 saturated carbocycles. The number of aromatic nitrogens is 1. The van der Waals surface area contributed by atoms with E-state index in [1.807, 2.05) is 29.2 Å². The summed E-state index contributed by atoms with van der Waals surface area (Å²) in [6.45, 7) is 3.83. The number of rotatable bonds is 2. The molecule has 1 fully saturated rings. The van der Waals surface area contributed by atoms with Gasteiger partial charge in [0.05, 0.1) is 10.8 Å². The Morgan fingerprint density at radius 1 is 1.30 bits per heavy atom. The SMILES string of the molecule is C[C@@H]1CCc2sc(C(=O)N3CCC[C@H](c4nc5ccccc5o4)C3)cc2C1. The highest BCUT2D eigenvalue weighted by atomic mass is 32.1. The summed E-state index contributed by atoms with van der Waals surface area (Å²) in [6.07, 6.45) is 5.50. The molecule has 4 nitrogen and oxygen atoms in total. The molecule has 1 aromatic carbocycles. The number of fused-ring (bicyclic) bond motifs is 2. The molecule has 0 N–H and O–H groups in total. The number of nitrogens with zero attached hydrogens (tertiary/aromatic N) is 2. The average molecular weight is 381 g/mol. The summed E-state index contributed by atoms with van der Waals surface area (Å²) >= 11 is 1.71. The monoisotopic (exact) mass is 380 g/mol. The molecule has 2 atom stereocenters. The van der Waals surface area contributed by atoms with Gasteiger partial charge in [-0.3, -0.25) is 4.79 Å². The second kappa shape index (κ2) is 6.79. The topological polar surface area (TPSA) is 46.3 Å². The number of para-hydroxylation sites is 2. The normalized spacial score (nSPS) is 22.8. The maximum absolute atomic E-state index is 13.1. The van der Waals surface area contributed by atoms with Crippen molar-refractivity contribution in [1.82, 2.24) is 9.88 Å². The van der Waals surface area contributed by atoms with Gasteiger partial charge in [0.25, 0.3) is 5.91 Å². The standard InChI is InChI=1S/C22H24N2O2S/c1-14-8-9-19-16(11-14)12-20(27-19)22(25)24-10-4-5-15(13-24)21-23-17-6-2-3-7-18(17)26-21/h2-3,6-7,12,14-15H,4-5,8-11,13H2,1H3/t14-,15+/m1/s1. The Balaban J connectivity index is 1.35. The molecule has 140 valence electrons. The minimum absolute atomic E-state index is 0.183. The smallest absolute Gasteiger partial charge is 0.263 e. The molecule has 2 aromatic heterocycles. The van der Waals surface area contributed by atoms with Crippen molar-refractivity contribution >= 4 is 28.3 Å². The molecule has 0 bridgehead atoms. The molecule has 2 aliphatic rings. The summed E-state index contributed by atoms with van der Waals surface area (Å²) in [6, 6.07) is 10.0. The van der Waals surface area contributed by atoms with Crippen molar-refractivity contribution in [3.05, 3.63) is 51.5 Å².